The summed E-state index contributed by atoms with van der Waals surface area (Å²) in [6, 6.07) is 0. The molecular formula is C11H22Br2O. The number of halogens is 2. The standard InChI is InChI=1S/C11H22Br2O/c1-4-5-11(8-12,9-13)6-7-14-10(2)3/h10H,4-9H2,1-3H3. The molecule has 0 bridgehead atoms. The smallest absolute Gasteiger partial charge is 0.0518 e. The summed E-state index contributed by atoms with van der Waals surface area (Å²) in [6.07, 6.45) is 3.97. The lowest BCUT2D eigenvalue weighted by atomic mass is 9.85. The Balaban J connectivity index is 3.94. The van der Waals surface area contributed by atoms with E-state index in [-0.39, 0.29) is 0 Å². The van der Waals surface area contributed by atoms with Gasteiger partial charge in [0.25, 0.3) is 0 Å². The van der Waals surface area contributed by atoms with Crippen molar-refractivity contribution in [1.82, 2.24) is 0 Å². The Labute approximate surface area is 105 Å². The van der Waals surface area contributed by atoms with Crippen molar-refractivity contribution in [2.75, 3.05) is 17.3 Å². The Morgan fingerprint density at radius 3 is 2.07 bits per heavy atom. The van der Waals surface area contributed by atoms with Gasteiger partial charge in [0.15, 0.2) is 0 Å². The molecule has 0 aromatic rings. The lowest BCUT2D eigenvalue weighted by molar-refractivity contribution is 0.0578. The van der Waals surface area contributed by atoms with Crippen molar-refractivity contribution in [3.05, 3.63) is 0 Å². The van der Waals surface area contributed by atoms with Crippen LogP contribution in [0.5, 0.6) is 0 Å². The van der Waals surface area contributed by atoms with E-state index >= 15 is 0 Å². The van der Waals surface area contributed by atoms with Gasteiger partial charge in [-0.2, -0.15) is 0 Å². The van der Waals surface area contributed by atoms with Crippen molar-refractivity contribution in [1.29, 1.82) is 0 Å². The zero-order valence-corrected chi connectivity index (χ0v) is 12.7. The van der Waals surface area contributed by atoms with Gasteiger partial charge in [0.1, 0.15) is 0 Å². The molecule has 0 saturated heterocycles. The zero-order chi connectivity index (χ0) is 11.0. The molecule has 0 saturated carbocycles. The Morgan fingerprint density at radius 1 is 1.14 bits per heavy atom. The summed E-state index contributed by atoms with van der Waals surface area (Å²) in [4.78, 5) is 0. The number of hydrogen-bond donors (Lipinski definition) is 0. The van der Waals surface area contributed by atoms with Crippen molar-refractivity contribution in [3.8, 4) is 0 Å². The lowest BCUT2D eigenvalue weighted by Crippen LogP contribution is -2.27. The third-order valence-electron chi connectivity index (χ3n) is 2.43. The van der Waals surface area contributed by atoms with Crippen molar-refractivity contribution < 1.29 is 4.74 Å². The van der Waals surface area contributed by atoms with Gasteiger partial charge in [-0.05, 0) is 32.1 Å². The van der Waals surface area contributed by atoms with Crippen LogP contribution in [0.15, 0.2) is 0 Å². The van der Waals surface area contributed by atoms with Gasteiger partial charge < -0.3 is 4.74 Å². The summed E-state index contributed by atoms with van der Waals surface area (Å²) in [7, 11) is 0. The molecular weight excluding hydrogens is 308 g/mol. The minimum absolute atomic E-state index is 0.347. The first-order chi connectivity index (χ1) is 6.60. The molecule has 0 aliphatic rings. The first-order valence-corrected chi connectivity index (χ1v) is 7.58. The maximum Gasteiger partial charge on any atom is 0.0518 e. The fourth-order valence-corrected chi connectivity index (χ4v) is 3.52. The van der Waals surface area contributed by atoms with Crippen LogP contribution in [-0.2, 0) is 4.74 Å². The SMILES string of the molecule is CCCC(CBr)(CBr)CCOC(C)C. The predicted octanol–water partition coefficient (Wildman–Crippen LogP) is 4.38. The molecule has 0 heterocycles. The van der Waals surface area contributed by atoms with Crippen molar-refractivity contribution in [2.45, 2.75) is 46.1 Å². The van der Waals surface area contributed by atoms with Gasteiger partial charge in [0.2, 0.25) is 0 Å². The van der Waals surface area contributed by atoms with Gasteiger partial charge >= 0.3 is 0 Å². The molecule has 1 nitrogen and oxygen atoms in total. The van der Waals surface area contributed by atoms with Crippen LogP contribution in [0.3, 0.4) is 0 Å². The van der Waals surface area contributed by atoms with Gasteiger partial charge in [-0.1, -0.05) is 45.2 Å². The highest BCUT2D eigenvalue weighted by atomic mass is 79.9. The molecule has 0 N–H and O–H groups in total. The lowest BCUT2D eigenvalue weighted by Gasteiger charge is -2.29. The largest absolute Gasteiger partial charge is 0.379 e. The van der Waals surface area contributed by atoms with Gasteiger partial charge in [-0.25, -0.2) is 0 Å². The van der Waals surface area contributed by atoms with Crippen LogP contribution in [0.1, 0.15) is 40.0 Å². The van der Waals surface area contributed by atoms with Crippen molar-refractivity contribution in [3.63, 3.8) is 0 Å². The average molecular weight is 330 g/mol. The third kappa shape index (κ3) is 5.72. The molecule has 86 valence electrons. The Bertz CT molecular complexity index is 133. The van der Waals surface area contributed by atoms with Gasteiger partial charge in [-0.15, -0.1) is 0 Å². The Morgan fingerprint density at radius 2 is 1.71 bits per heavy atom. The molecule has 0 unspecified atom stereocenters. The van der Waals surface area contributed by atoms with E-state index in [4.69, 9.17) is 4.74 Å². The molecule has 3 heteroatoms. The van der Waals surface area contributed by atoms with E-state index in [1.165, 1.54) is 12.8 Å². The fraction of sp³-hybridized carbons (Fsp3) is 1.00. The van der Waals surface area contributed by atoms with Crippen LogP contribution in [0.4, 0.5) is 0 Å². The molecule has 0 aromatic carbocycles. The monoisotopic (exact) mass is 328 g/mol. The van der Waals surface area contributed by atoms with Crippen LogP contribution >= 0.6 is 31.9 Å². The second kappa shape index (κ2) is 8.12. The summed E-state index contributed by atoms with van der Waals surface area (Å²) in [6.45, 7) is 7.28. The number of hydrogen-bond acceptors (Lipinski definition) is 1. The number of ether oxygens (including phenoxy) is 1. The normalized spacial score (nSPS) is 12.4. The van der Waals surface area contributed by atoms with E-state index in [1.54, 1.807) is 0 Å². The van der Waals surface area contributed by atoms with E-state index in [9.17, 15) is 0 Å². The van der Waals surface area contributed by atoms with E-state index in [2.05, 4.69) is 52.6 Å². The van der Waals surface area contributed by atoms with Crippen LogP contribution in [0.2, 0.25) is 0 Å². The molecule has 0 fully saturated rings. The maximum absolute atomic E-state index is 5.61. The summed E-state index contributed by atoms with van der Waals surface area (Å²) < 4.78 is 5.61. The quantitative estimate of drug-likeness (QED) is 0.600. The number of alkyl halides is 2. The third-order valence-corrected chi connectivity index (χ3v) is 4.81. The van der Waals surface area contributed by atoms with Crippen LogP contribution in [-0.4, -0.2) is 23.4 Å². The zero-order valence-electron chi connectivity index (χ0n) is 9.48. The van der Waals surface area contributed by atoms with Crippen molar-refractivity contribution in [2.24, 2.45) is 5.41 Å². The summed E-state index contributed by atoms with van der Waals surface area (Å²) in [5, 5.41) is 2.11. The molecule has 0 spiro atoms. The summed E-state index contributed by atoms with van der Waals surface area (Å²) >= 11 is 7.23. The van der Waals surface area contributed by atoms with Crippen LogP contribution in [0, 0.1) is 5.41 Å². The molecule has 0 aliphatic carbocycles. The van der Waals surface area contributed by atoms with E-state index in [0.717, 1.165) is 23.7 Å². The topological polar surface area (TPSA) is 9.23 Å². The molecule has 0 radical (unpaired) electrons. The fourth-order valence-electron chi connectivity index (χ4n) is 1.47. The Hall–Kier alpha value is 0.920. The number of rotatable bonds is 8. The van der Waals surface area contributed by atoms with E-state index in [1.807, 2.05) is 0 Å². The molecule has 0 atom stereocenters. The highest BCUT2D eigenvalue weighted by Crippen LogP contribution is 2.32. The average Bonchev–Trinajstić information content (AvgIpc) is 2.16. The Kier molecular flexibility index (Phi) is 8.65. The summed E-state index contributed by atoms with van der Waals surface area (Å²) in [5.74, 6) is 0. The second-order valence-electron chi connectivity index (χ2n) is 4.19. The van der Waals surface area contributed by atoms with Crippen molar-refractivity contribution >= 4 is 31.9 Å². The molecule has 0 amide bonds. The highest BCUT2D eigenvalue weighted by Gasteiger charge is 2.26. The first-order valence-electron chi connectivity index (χ1n) is 5.33. The maximum atomic E-state index is 5.61. The van der Waals surface area contributed by atoms with Gasteiger partial charge in [-0.3, -0.25) is 0 Å². The van der Waals surface area contributed by atoms with Gasteiger partial charge in [0.05, 0.1) is 6.10 Å². The highest BCUT2D eigenvalue weighted by molar-refractivity contribution is 9.09. The van der Waals surface area contributed by atoms with E-state index < -0.39 is 0 Å². The van der Waals surface area contributed by atoms with Crippen LogP contribution < -0.4 is 0 Å². The molecule has 0 aromatic heterocycles. The molecule has 14 heavy (non-hydrogen) atoms. The molecule has 0 aliphatic heterocycles. The second-order valence-corrected chi connectivity index (χ2v) is 5.31. The minimum Gasteiger partial charge on any atom is -0.379 e. The minimum atomic E-state index is 0.347. The van der Waals surface area contributed by atoms with E-state index in [0.29, 0.717) is 11.5 Å². The summed E-state index contributed by atoms with van der Waals surface area (Å²) in [5.41, 5.74) is 0.379. The first kappa shape index (κ1) is 14.9. The predicted molar refractivity (Wildman–Crippen MR) is 70.6 cm³/mol. The van der Waals surface area contributed by atoms with Gasteiger partial charge in [0, 0.05) is 17.3 Å². The van der Waals surface area contributed by atoms with Crippen LogP contribution in [0.25, 0.3) is 0 Å². The molecule has 0 rings (SSSR count).